The first-order chi connectivity index (χ1) is 15.3. The van der Waals surface area contributed by atoms with Gasteiger partial charge in [0.05, 0.1) is 6.10 Å². The average Bonchev–Trinajstić information content (AvgIpc) is 2.84. The number of hydrogen-bond acceptors (Lipinski definition) is 3. The number of pyridine rings is 1. The average molecular weight is 409 g/mol. The van der Waals surface area contributed by atoms with Crippen LogP contribution in [0.3, 0.4) is 0 Å². The molecule has 0 bridgehead atoms. The van der Waals surface area contributed by atoms with Gasteiger partial charge in [-0.05, 0) is 67.0 Å². The summed E-state index contributed by atoms with van der Waals surface area (Å²) in [6.45, 7) is 0. The molecule has 1 aliphatic carbocycles. The maximum atomic E-state index is 6.35. The molecule has 1 heterocycles. The molecule has 1 fully saturated rings. The van der Waals surface area contributed by atoms with Crippen LogP contribution in [0, 0.1) is 0 Å². The molecule has 0 aliphatic heterocycles. The Balaban J connectivity index is 1.25. The van der Waals surface area contributed by atoms with Crippen molar-refractivity contribution in [3.8, 4) is 16.9 Å². The number of benzene rings is 3. The summed E-state index contributed by atoms with van der Waals surface area (Å²) in [5.41, 5.74) is 3.88. The lowest BCUT2D eigenvalue weighted by Crippen LogP contribution is -2.38. The molecule has 4 aromatic rings. The third-order valence-electron chi connectivity index (χ3n) is 6.48. The summed E-state index contributed by atoms with van der Waals surface area (Å²) >= 11 is 0. The quantitative estimate of drug-likeness (QED) is 0.366. The highest BCUT2D eigenvalue weighted by Gasteiger charge is 2.26. The summed E-state index contributed by atoms with van der Waals surface area (Å²) in [7, 11) is 2.24. The fourth-order valence-corrected chi connectivity index (χ4v) is 4.72. The van der Waals surface area contributed by atoms with Crippen LogP contribution < -0.4 is 9.64 Å². The molecule has 0 atom stereocenters. The lowest BCUT2D eigenvalue weighted by atomic mass is 9.91. The number of ether oxygens (including phenoxy) is 1. The molecule has 3 aromatic carbocycles. The van der Waals surface area contributed by atoms with Crippen molar-refractivity contribution in [2.24, 2.45) is 0 Å². The normalized spacial score (nSPS) is 18.6. The van der Waals surface area contributed by atoms with Crippen LogP contribution in [0.25, 0.3) is 21.9 Å². The summed E-state index contributed by atoms with van der Waals surface area (Å²) in [6.07, 6.45) is 8.46. The van der Waals surface area contributed by atoms with E-state index < -0.39 is 0 Å². The first kappa shape index (κ1) is 19.6. The van der Waals surface area contributed by atoms with Crippen molar-refractivity contribution in [2.75, 3.05) is 11.9 Å². The number of aromatic nitrogens is 1. The Morgan fingerprint density at radius 3 is 2.42 bits per heavy atom. The Labute approximate surface area is 184 Å². The fraction of sp³-hybridized carbons (Fsp3) is 0.250. The zero-order valence-electron chi connectivity index (χ0n) is 17.9. The molecule has 5 rings (SSSR count). The van der Waals surface area contributed by atoms with E-state index in [1.54, 1.807) is 0 Å². The van der Waals surface area contributed by atoms with Crippen LogP contribution in [0.15, 0.2) is 91.3 Å². The monoisotopic (exact) mass is 408 g/mol. The van der Waals surface area contributed by atoms with Gasteiger partial charge in [-0.2, -0.15) is 0 Å². The number of anilines is 1. The highest BCUT2D eigenvalue weighted by Crippen LogP contribution is 2.35. The Morgan fingerprint density at radius 2 is 1.58 bits per heavy atom. The largest absolute Gasteiger partial charge is 0.490 e. The predicted molar refractivity (Wildman–Crippen MR) is 129 cm³/mol. The molecule has 1 aromatic heterocycles. The Bertz CT molecular complexity index is 1150. The van der Waals surface area contributed by atoms with Crippen LogP contribution >= 0.6 is 0 Å². The summed E-state index contributed by atoms with van der Waals surface area (Å²) < 4.78 is 6.35. The van der Waals surface area contributed by atoms with Crippen LogP contribution in [-0.4, -0.2) is 24.2 Å². The molecule has 0 N–H and O–H groups in total. The van der Waals surface area contributed by atoms with E-state index in [1.165, 1.54) is 22.2 Å². The van der Waals surface area contributed by atoms with Crippen LogP contribution in [0.4, 0.5) is 5.69 Å². The Hall–Kier alpha value is -3.33. The SMILES string of the molecule is CN(c1ccccc1-c1ccccc1)C1CCC(Oc2ccc3cnccc3c2)CC1. The van der Waals surface area contributed by atoms with Gasteiger partial charge in [-0.25, -0.2) is 0 Å². The van der Waals surface area contributed by atoms with Gasteiger partial charge in [-0.15, -0.1) is 0 Å². The molecule has 3 nitrogen and oxygen atoms in total. The van der Waals surface area contributed by atoms with Gasteiger partial charge < -0.3 is 9.64 Å². The first-order valence-electron chi connectivity index (χ1n) is 11.2. The predicted octanol–water partition coefficient (Wildman–Crippen LogP) is 6.73. The van der Waals surface area contributed by atoms with Gasteiger partial charge in [0.2, 0.25) is 0 Å². The second-order valence-electron chi connectivity index (χ2n) is 8.43. The number of para-hydroxylation sites is 1. The van der Waals surface area contributed by atoms with Crippen molar-refractivity contribution >= 4 is 16.5 Å². The minimum atomic E-state index is 0.285. The topological polar surface area (TPSA) is 25.4 Å². The number of nitrogens with zero attached hydrogens (tertiary/aromatic N) is 2. The fourth-order valence-electron chi connectivity index (χ4n) is 4.72. The van der Waals surface area contributed by atoms with Crippen molar-refractivity contribution < 1.29 is 4.74 Å². The van der Waals surface area contributed by atoms with E-state index in [4.69, 9.17) is 4.74 Å². The smallest absolute Gasteiger partial charge is 0.120 e. The van der Waals surface area contributed by atoms with Crippen molar-refractivity contribution in [1.29, 1.82) is 0 Å². The molecule has 156 valence electrons. The van der Waals surface area contributed by atoms with E-state index in [0.29, 0.717) is 6.04 Å². The molecule has 3 heteroatoms. The van der Waals surface area contributed by atoms with E-state index in [2.05, 4.69) is 89.7 Å². The van der Waals surface area contributed by atoms with Gasteiger partial charge >= 0.3 is 0 Å². The standard InChI is InChI=1S/C28H28N2O/c1-30(28-10-6-5-9-27(28)21-7-3-2-4-8-21)24-12-15-25(16-13-24)31-26-14-11-23-20-29-18-17-22(23)19-26/h2-11,14,17-20,24-25H,12-13,15-16H2,1H3. The molecule has 0 unspecified atom stereocenters. The van der Waals surface area contributed by atoms with Gasteiger partial charge in [-0.3, -0.25) is 4.98 Å². The lowest BCUT2D eigenvalue weighted by Gasteiger charge is -2.37. The van der Waals surface area contributed by atoms with E-state index in [1.807, 2.05) is 18.5 Å². The molecule has 0 saturated heterocycles. The van der Waals surface area contributed by atoms with E-state index in [-0.39, 0.29) is 6.10 Å². The molecule has 0 amide bonds. The maximum absolute atomic E-state index is 6.35. The summed E-state index contributed by atoms with van der Waals surface area (Å²) in [6, 6.07) is 28.3. The van der Waals surface area contributed by atoms with Crippen molar-refractivity contribution in [3.63, 3.8) is 0 Å². The van der Waals surface area contributed by atoms with Crippen LogP contribution in [0.1, 0.15) is 25.7 Å². The molecule has 31 heavy (non-hydrogen) atoms. The van der Waals surface area contributed by atoms with Crippen molar-refractivity contribution in [2.45, 2.75) is 37.8 Å². The summed E-state index contributed by atoms with van der Waals surface area (Å²) in [4.78, 5) is 6.66. The highest BCUT2D eigenvalue weighted by atomic mass is 16.5. The molecule has 0 spiro atoms. The second kappa shape index (κ2) is 8.81. The van der Waals surface area contributed by atoms with Gasteiger partial charge in [0, 0.05) is 42.1 Å². The second-order valence-corrected chi connectivity index (χ2v) is 8.43. The third kappa shape index (κ3) is 4.27. The summed E-state index contributed by atoms with van der Waals surface area (Å²) in [5, 5.41) is 2.33. The highest BCUT2D eigenvalue weighted by molar-refractivity contribution is 5.82. The van der Waals surface area contributed by atoms with Gasteiger partial charge in [-0.1, -0.05) is 48.5 Å². The third-order valence-corrected chi connectivity index (χ3v) is 6.48. The van der Waals surface area contributed by atoms with E-state index in [9.17, 15) is 0 Å². The van der Waals surface area contributed by atoms with Gasteiger partial charge in [0.1, 0.15) is 5.75 Å². The zero-order chi connectivity index (χ0) is 21.0. The van der Waals surface area contributed by atoms with Crippen molar-refractivity contribution in [3.05, 3.63) is 91.3 Å². The van der Waals surface area contributed by atoms with Crippen LogP contribution in [-0.2, 0) is 0 Å². The summed E-state index contributed by atoms with van der Waals surface area (Å²) in [5.74, 6) is 0.963. The number of fused-ring (bicyclic) bond motifs is 1. The van der Waals surface area contributed by atoms with Crippen LogP contribution in [0.2, 0.25) is 0 Å². The maximum Gasteiger partial charge on any atom is 0.120 e. The minimum absolute atomic E-state index is 0.285. The van der Waals surface area contributed by atoms with E-state index in [0.717, 1.165) is 36.8 Å². The van der Waals surface area contributed by atoms with Gasteiger partial charge in [0.15, 0.2) is 0 Å². The lowest BCUT2D eigenvalue weighted by molar-refractivity contribution is 0.146. The molecular formula is C28H28N2O. The zero-order valence-corrected chi connectivity index (χ0v) is 17.9. The Kier molecular flexibility index (Phi) is 5.57. The molecular weight excluding hydrogens is 380 g/mol. The molecule has 0 radical (unpaired) electrons. The Morgan fingerprint density at radius 1 is 0.806 bits per heavy atom. The van der Waals surface area contributed by atoms with Gasteiger partial charge in [0.25, 0.3) is 0 Å². The minimum Gasteiger partial charge on any atom is -0.490 e. The number of rotatable bonds is 5. The first-order valence-corrected chi connectivity index (χ1v) is 11.2. The van der Waals surface area contributed by atoms with Crippen molar-refractivity contribution in [1.82, 2.24) is 4.98 Å². The van der Waals surface area contributed by atoms with Crippen LogP contribution in [0.5, 0.6) is 5.75 Å². The van der Waals surface area contributed by atoms with E-state index >= 15 is 0 Å². The molecule has 1 aliphatic rings. The number of hydrogen-bond donors (Lipinski definition) is 0. The molecule has 1 saturated carbocycles.